The number of carbonyl (C=O) groups is 1. The van der Waals surface area contributed by atoms with Crippen LogP contribution in [-0.4, -0.2) is 5.78 Å². The van der Waals surface area contributed by atoms with Crippen LogP contribution in [0.25, 0.3) is 0 Å². The minimum Gasteiger partial charge on any atom is -0.457 e. The average Bonchev–Trinajstić information content (AvgIpc) is 2.77. The standard InChI is InChI=1S/C26H20O2/c27-26(22-16-18-24(19-17-22)28-23-14-8-3-9-15-23)25(20-10-4-1-5-11-20)21-12-6-2-7-13-21/h1-19,25H. The highest BCUT2D eigenvalue weighted by atomic mass is 16.5. The summed E-state index contributed by atoms with van der Waals surface area (Å²) in [5, 5.41) is 0. The quantitative estimate of drug-likeness (QED) is 0.365. The fraction of sp³-hybridized carbons (Fsp3) is 0.0385. The number of Topliss-reactive ketones (excluding diaryl/α,β-unsaturated/α-hetero) is 1. The zero-order valence-electron chi connectivity index (χ0n) is 15.4. The SMILES string of the molecule is O=C(c1ccc(Oc2ccccc2)cc1)C(c1ccccc1)c1ccccc1. The van der Waals surface area contributed by atoms with Gasteiger partial charge < -0.3 is 4.74 Å². The number of hydrogen-bond donors (Lipinski definition) is 0. The Hall–Kier alpha value is -3.65. The Morgan fingerprint density at radius 3 is 1.46 bits per heavy atom. The topological polar surface area (TPSA) is 26.3 Å². The molecule has 0 amide bonds. The van der Waals surface area contributed by atoms with E-state index < -0.39 is 0 Å². The summed E-state index contributed by atoms with van der Waals surface area (Å²) in [6, 6.07) is 36.8. The van der Waals surface area contributed by atoms with Gasteiger partial charge in [0, 0.05) is 5.56 Å². The molecule has 0 bridgehead atoms. The third kappa shape index (κ3) is 4.02. The van der Waals surface area contributed by atoms with Crippen LogP contribution < -0.4 is 4.74 Å². The molecule has 4 aromatic rings. The van der Waals surface area contributed by atoms with E-state index in [4.69, 9.17) is 4.74 Å². The molecule has 4 aromatic carbocycles. The lowest BCUT2D eigenvalue weighted by Gasteiger charge is -2.17. The van der Waals surface area contributed by atoms with Crippen molar-refractivity contribution in [1.29, 1.82) is 0 Å². The van der Waals surface area contributed by atoms with Crippen molar-refractivity contribution in [3.05, 3.63) is 132 Å². The van der Waals surface area contributed by atoms with Crippen LogP contribution in [0.1, 0.15) is 27.4 Å². The van der Waals surface area contributed by atoms with Crippen LogP contribution in [0, 0.1) is 0 Å². The first-order valence-electron chi connectivity index (χ1n) is 9.28. The molecule has 28 heavy (non-hydrogen) atoms. The molecular weight excluding hydrogens is 344 g/mol. The molecule has 2 heteroatoms. The lowest BCUT2D eigenvalue weighted by Crippen LogP contribution is -2.14. The van der Waals surface area contributed by atoms with E-state index in [1.54, 1.807) is 0 Å². The van der Waals surface area contributed by atoms with E-state index >= 15 is 0 Å². The van der Waals surface area contributed by atoms with Crippen LogP contribution in [-0.2, 0) is 0 Å². The Labute approximate surface area is 165 Å². The maximum Gasteiger partial charge on any atom is 0.174 e. The Morgan fingerprint density at radius 2 is 0.964 bits per heavy atom. The molecule has 0 saturated carbocycles. The Kier molecular flexibility index (Phi) is 5.30. The van der Waals surface area contributed by atoms with Crippen LogP contribution in [0.2, 0.25) is 0 Å². The Morgan fingerprint density at radius 1 is 0.536 bits per heavy atom. The molecule has 0 heterocycles. The van der Waals surface area contributed by atoms with E-state index in [1.165, 1.54) is 0 Å². The third-order valence-corrected chi connectivity index (χ3v) is 4.65. The number of ketones is 1. The fourth-order valence-electron chi connectivity index (χ4n) is 3.26. The zero-order chi connectivity index (χ0) is 19.2. The molecule has 4 rings (SSSR count). The molecule has 0 aliphatic rings. The van der Waals surface area contributed by atoms with Crippen LogP contribution in [0.4, 0.5) is 0 Å². The smallest absolute Gasteiger partial charge is 0.174 e. The van der Waals surface area contributed by atoms with Crippen molar-refractivity contribution in [3.63, 3.8) is 0 Å². The average molecular weight is 364 g/mol. The minimum absolute atomic E-state index is 0.0728. The molecule has 0 radical (unpaired) electrons. The summed E-state index contributed by atoms with van der Waals surface area (Å²) in [6.07, 6.45) is 0. The maximum atomic E-state index is 13.4. The second-order valence-corrected chi connectivity index (χ2v) is 6.56. The maximum absolute atomic E-state index is 13.4. The molecule has 0 fully saturated rings. The van der Waals surface area contributed by atoms with Crippen LogP contribution >= 0.6 is 0 Å². The van der Waals surface area contributed by atoms with Crippen molar-refractivity contribution in [2.75, 3.05) is 0 Å². The van der Waals surface area contributed by atoms with E-state index in [-0.39, 0.29) is 11.7 Å². The first-order chi connectivity index (χ1) is 13.8. The number of para-hydroxylation sites is 1. The number of rotatable bonds is 6. The molecule has 2 nitrogen and oxygen atoms in total. The summed E-state index contributed by atoms with van der Waals surface area (Å²) in [5.74, 6) is 1.22. The molecular formula is C26H20O2. The molecule has 0 spiro atoms. The molecule has 0 aliphatic carbocycles. The summed E-state index contributed by atoms with van der Waals surface area (Å²) in [5.41, 5.74) is 2.64. The molecule has 0 saturated heterocycles. The van der Waals surface area contributed by atoms with Crippen LogP contribution in [0.5, 0.6) is 11.5 Å². The van der Waals surface area contributed by atoms with E-state index in [0.29, 0.717) is 11.3 Å². The first-order valence-corrected chi connectivity index (χ1v) is 9.28. The second kappa shape index (κ2) is 8.36. The highest BCUT2D eigenvalue weighted by molar-refractivity contribution is 6.03. The molecule has 0 aliphatic heterocycles. The van der Waals surface area contributed by atoms with Crippen molar-refractivity contribution >= 4 is 5.78 Å². The monoisotopic (exact) mass is 364 g/mol. The first kappa shape index (κ1) is 17.7. The molecule has 0 N–H and O–H groups in total. The lowest BCUT2D eigenvalue weighted by atomic mass is 9.85. The van der Waals surface area contributed by atoms with Gasteiger partial charge in [-0.1, -0.05) is 78.9 Å². The van der Waals surface area contributed by atoms with Crippen molar-refractivity contribution in [1.82, 2.24) is 0 Å². The summed E-state index contributed by atoms with van der Waals surface area (Å²) in [7, 11) is 0. The number of ether oxygens (including phenoxy) is 1. The Balaban J connectivity index is 1.62. The van der Waals surface area contributed by atoms with E-state index in [2.05, 4.69) is 0 Å². The van der Waals surface area contributed by atoms with Crippen molar-refractivity contribution < 1.29 is 9.53 Å². The summed E-state index contributed by atoms with van der Waals surface area (Å²) < 4.78 is 5.83. The van der Waals surface area contributed by atoms with Crippen LogP contribution in [0.15, 0.2) is 115 Å². The summed E-state index contributed by atoms with van der Waals surface area (Å²) in [4.78, 5) is 13.4. The fourth-order valence-corrected chi connectivity index (χ4v) is 3.26. The van der Waals surface area contributed by atoms with Gasteiger partial charge in [-0.15, -0.1) is 0 Å². The highest BCUT2D eigenvalue weighted by Crippen LogP contribution is 2.29. The zero-order valence-corrected chi connectivity index (χ0v) is 15.4. The Bertz CT molecular complexity index is 985. The van der Waals surface area contributed by atoms with E-state index in [0.717, 1.165) is 16.9 Å². The van der Waals surface area contributed by atoms with Gasteiger partial charge in [-0.25, -0.2) is 0 Å². The van der Waals surface area contributed by atoms with Gasteiger partial charge in [-0.2, -0.15) is 0 Å². The van der Waals surface area contributed by atoms with Gasteiger partial charge in [0.1, 0.15) is 11.5 Å². The van der Waals surface area contributed by atoms with Crippen molar-refractivity contribution in [3.8, 4) is 11.5 Å². The number of benzene rings is 4. The van der Waals surface area contributed by atoms with Gasteiger partial charge in [0.2, 0.25) is 0 Å². The summed E-state index contributed by atoms with van der Waals surface area (Å²) >= 11 is 0. The van der Waals surface area contributed by atoms with E-state index in [9.17, 15) is 4.79 Å². The van der Waals surface area contributed by atoms with Gasteiger partial charge in [-0.05, 0) is 47.5 Å². The summed E-state index contributed by atoms with van der Waals surface area (Å²) in [6.45, 7) is 0. The van der Waals surface area contributed by atoms with Gasteiger partial charge >= 0.3 is 0 Å². The number of carbonyl (C=O) groups excluding carboxylic acids is 1. The van der Waals surface area contributed by atoms with E-state index in [1.807, 2.05) is 115 Å². The second-order valence-electron chi connectivity index (χ2n) is 6.56. The molecule has 0 atom stereocenters. The lowest BCUT2D eigenvalue weighted by molar-refractivity contribution is 0.0974. The number of hydrogen-bond acceptors (Lipinski definition) is 2. The van der Waals surface area contributed by atoms with Crippen LogP contribution in [0.3, 0.4) is 0 Å². The largest absolute Gasteiger partial charge is 0.457 e. The predicted octanol–water partition coefficient (Wildman–Crippen LogP) is 6.49. The molecule has 0 aromatic heterocycles. The molecule has 0 unspecified atom stereocenters. The van der Waals surface area contributed by atoms with Crippen molar-refractivity contribution in [2.45, 2.75) is 5.92 Å². The minimum atomic E-state index is -0.330. The van der Waals surface area contributed by atoms with Gasteiger partial charge in [0.25, 0.3) is 0 Å². The van der Waals surface area contributed by atoms with Gasteiger partial charge in [0.05, 0.1) is 5.92 Å². The van der Waals surface area contributed by atoms with Gasteiger partial charge in [-0.3, -0.25) is 4.79 Å². The van der Waals surface area contributed by atoms with Crippen molar-refractivity contribution in [2.24, 2.45) is 0 Å². The normalized spacial score (nSPS) is 10.6. The molecule has 136 valence electrons. The predicted molar refractivity (Wildman–Crippen MR) is 112 cm³/mol. The highest BCUT2D eigenvalue weighted by Gasteiger charge is 2.23. The third-order valence-electron chi connectivity index (χ3n) is 4.65. The van der Waals surface area contributed by atoms with Gasteiger partial charge in [0.15, 0.2) is 5.78 Å².